The number of ether oxygens (including phenoxy) is 1. The summed E-state index contributed by atoms with van der Waals surface area (Å²) >= 11 is 0. The van der Waals surface area contributed by atoms with E-state index in [1.165, 1.54) is 12.1 Å². The summed E-state index contributed by atoms with van der Waals surface area (Å²) in [5.74, 6) is 2.32. The third kappa shape index (κ3) is 4.24. The molecule has 7 nitrogen and oxygen atoms in total. The van der Waals surface area contributed by atoms with Gasteiger partial charge in [-0.15, -0.1) is 0 Å². The van der Waals surface area contributed by atoms with Crippen molar-refractivity contribution in [2.24, 2.45) is 0 Å². The van der Waals surface area contributed by atoms with Crippen molar-refractivity contribution in [1.82, 2.24) is 19.4 Å². The van der Waals surface area contributed by atoms with Crippen LogP contribution in [0.15, 0.2) is 59.1 Å². The second-order valence-corrected chi connectivity index (χ2v) is 7.96. The van der Waals surface area contributed by atoms with Gasteiger partial charge in [-0.2, -0.15) is 0 Å². The molecule has 33 heavy (non-hydrogen) atoms. The first-order valence-electron chi connectivity index (χ1n) is 10.7. The number of fused-ring (bicyclic) bond motifs is 1. The Morgan fingerprint density at radius 1 is 1.12 bits per heavy atom. The number of aryl methyl sites for hydroxylation is 1. The first-order chi connectivity index (χ1) is 16.0. The minimum Gasteiger partial charge on any atom is -0.497 e. The van der Waals surface area contributed by atoms with Crippen molar-refractivity contribution in [2.45, 2.75) is 26.3 Å². The van der Waals surface area contributed by atoms with E-state index in [2.05, 4.69) is 4.98 Å². The average Bonchev–Trinajstić information content (AvgIpc) is 3.41. The van der Waals surface area contributed by atoms with Gasteiger partial charge in [0.05, 0.1) is 31.5 Å². The minimum atomic E-state index is -0.321. The maximum absolute atomic E-state index is 13.5. The lowest BCUT2D eigenvalue weighted by atomic mass is 10.1. The number of hydrogen-bond acceptors (Lipinski definition) is 5. The van der Waals surface area contributed by atoms with Crippen LogP contribution >= 0.6 is 0 Å². The summed E-state index contributed by atoms with van der Waals surface area (Å²) in [5, 5.41) is 0. The molecule has 2 aromatic heterocycles. The maximum atomic E-state index is 13.5. The van der Waals surface area contributed by atoms with Gasteiger partial charge < -0.3 is 18.6 Å². The molecule has 1 amide bonds. The standard InChI is InChI=1S/C25H23FN4O3/c1-16-27-21-11-12-29(15-23(21)33-16)25(31)13-24-28-22(17-3-9-20(32-2)10-4-17)14-30(24)19-7-5-18(26)6-8-19/h3-10,14H,11-13,15H2,1-2H3. The minimum absolute atomic E-state index is 0.0510. The number of benzene rings is 2. The molecule has 168 valence electrons. The van der Waals surface area contributed by atoms with Crippen molar-refractivity contribution in [1.29, 1.82) is 0 Å². The molecule has 3 heterocycles. The lowest BCUT2D eigenvalue weighted by Gasteiger charge is -2.25. The van der Waals surface area contributed by atoms with Crippen molar-refractivity contribution in [3.05, 3.63) is 83.7 Å². The zero-order valence-corrected chi connectivity index (χ0v) is 18.4. The fourth-order valence-electron chi connectivity index (χ4n) is 4.05. The molecule has 0 saturated heterocycles. The van der Waals surface area contributed by atoms with Crippen LogP contribution in [0.2, 0.25) is 0 Å². The molecular formula is C25H23FN4O3. The molecule has 0 radical (unpaired) electrons. The van der Waals surface area contributed by atoms with Gasteiger partial charge in [0.25, 0.3) is 0 Å². The SMILES string of the molecule is COc1ccc(-c2cn(-c3ccc(F)cc3)c(CC(=O)N3CCc4nc(C)oc4C3)n2)cc1. The van der Waals surface area contributed by atoms with Crippen LogP contribution in [0, 0.1) is 12.7 Å². The predicted molar refractivity (Wildman–Crippen MR) is 120 cm³/mol. The first kappa shape index (κ1) is 20.9. The van der Waals surface area contributed by atoms with Crippen LogP contribution in [-0.4, -0.2) is 39.0 Å². The predicted octanol–water partition coefficient (Wildman–Crippen LogP) is 4.11. The number of carbonyl (C=O) groups excluding carboxylic acids is 1. The Kier molecular flexibility index (Phi) is 5.42. The van der Waals surface area contributed by atoms with Crippen LogP contribution in [0.5, 0.6) is 5.75 Å². The molecule has 0 N–H and O–H groups in total. The molecule has 2 aromatic carbocycles. The summed E-state index contributed by atoms with van der Waals surface area (Å²) in [6.45, 7) is 2.79. The second-order valence-electron chi connectivity index (χ2n) is 7.96. The van der Waals surface area contributed by atoms with Gasteiger partial charge in [-0.05, 0) is 48.5 Å². The van der Waals surface area contributed by atoms with E-state index < -0.39 is 0 Å². The molecule has 5 rings (SSSR count). The number of oxazole rings is 1. The van der Waals surface area contributed by atoms with Crippen molar-refractivity contribution >= 4 is 5.91 Å². The van der Waals surface area contributed by atoms with Gasteiger partial charge in [0, 0.05) is 37.3 Å². The van der Waals surface area contributed by atoms with Crippen LogP contribution in [0.4, 0.5) is 4.39 Å². The average molecular weight is 446 g/mol. The van der Waals surface area contributed by atoms with Gasteiger partial charge in [-0.3, -0.25) is 4.79 Å². The van der Waals surface area contributed by atoms with Crippen molar-refractivity contribution in [3.63, 3.8) is 0 Å². The van der Waals surface area contributed by atoms with E-state index >= 15 is 0 Å². The number of carbonyl (C=O) groups is 1. The molecule has 0 aliphatic carbocycles. The highest BCUT2D eigenvalue weighted by Crippen LogP contribution is 2.25. The summed E-state index contributed by atoms with van der Waals surface area (Å²) in [5.41, 5.74) is 3.27. The Balaban J connectivity index is 1.45. The molecule has 1 aliphatic rings. The first-order valence-corrected chi connectivity index (χ1v) is 10.7. The van der Waals surface area contributed by atoms with Crippen LogP contribution < -0.4 is 4.74 Å². The maximum Gasteiger partial charge on any atom is 0.230 e. The van der Waals surface area contributed by atoms with Gasteiger partial charge >= 0.3 is 0 Å². The summed E-state index contributed by atoms with van der Waals surface area (Å²) in [6.07, 6.45) is 2.64. The summed E-state index contributed by atoms with van der Waals surface area (Å²) in [6, 6.07) is 13.7. The van der Waals surface area contributed by atoms with E-state index in [1.54, 1.807) is 24.1 Å². The quantitative estimate of drug-likeness (QED) is 0.461. The number of aromatic nitrogens is 3. The molecule has 0 fully saturated rings. The Hall–Kier alpha value is -3.94. The largest absolute Gasteiger partial charge is 0.497 e. The molecule has 0 saturated carbocycles. The molecule has 0 spiro atoms. The van der Waals surface area contributed by atoms with Gasteiger partial charge in [0.2, 0.25) is 5.91 Å². The zero-order chi connectivity index (χ0) is 22.9. The highest BCUT2D eigenvalue weighted by Gasteiger charge is 2.26. The fraction of sp³-hybridized carbons (Fsp3) is 0.240. The van der Waals surface area contributed by atoms with Crippen molar-refractivity contribution < 1.29 is 18.3 Å². The number of methoxy groups -OCH3 is 1. The second kappa shape index (κ2) is 8.54. The third-order valence-corrected chi connectivity index (χ3v) is 5.77. The monoisotopic (exact) mass is 446 g/mol. The van der Waals surface area contributed by atoms with Gasteiger partial charge in [-0.1, -0.05) is 0 Å². The normalized spacial score (nSPS) is 13.1. The van der Waals surface area contributed by atoms with Crippen LogP contribution in [0.1, 0.15) is 23.2 Å². The topological polar surface area (TPSA) is 73.4 Å². The molecule has 0 bridgehead atoms. The van der Waals surface area contributed by atoms with E-state index in [4.69, 9.17) is 14.1 Å². The van der Waals surface area contributed by atoms with Gasteiger partial charge in [0.1, 0.15) is 23.2 Å². The van der Waals surface area contributed by atoms with E-state index in [0.717, 1.165) is 34.1 Å². The highest BCUT2D eigenvalue weighted by molar-refractivity contribution is 5.78. The number of amides is 1. The van der Waals surface area contributed by atoms with Crippen LogP contribution in [0.3, 0.4) is 0 Å². The van der Waals surface area contributed by atoms with E-state index in [9.17, 15) is 9.18 Å². The molecule has 8 heteroatoms. The van der Waals surface area contributed by atoms with Gasteiger partial charge in [-0.25, -0.2) is 14.4 Å². The van der Waals surface area contributed by atoms with Crippen LogP contribution in [-0.2, 0) is 24.2 Å². The number of hydrogen-bond donors (Lipinski definition) is 0. The van der Waals surface area contributed by atoms with E-state index in [0.29, 0.717) is 31.2 Å². The number of imidazole rings is 1. The van der Waals surface area contributed by atoms with Gasteiger partial charge in [0.15, 0.2) is 5.89 Å². The van der Waals surface area contributed by atoms with E-state index in [-0.39, 0.29) is 18.1 Å². The summed E-state index contributed by atoms with van der Waals surface area (Å²) < 4.78 is 26.2. The molecule has 0 atom stereocenters. The number of halogens is 1. The lowest BCUT2D eigenvalue weighted by molar-refractivity contribution is -0.131. The Bertz CT molecular complexity index is 1290. The van der Waals surface area contributed by atoms with Crippen molar-refractivity contribution in [2.75, 3.05) is 13.7 Å². The Labute approximate surface area is 190 Å². The van der Waals surface area contributed by atoms with Crippen molar-refractivity contribution in [3.8, 4) is 22.7 Å². The molecular weight excluding hydrogens is 423 g/mol. The smallest absolute Gasteiger partial charge is 0.230 e. The summed E-state index contributed by atoms with van der Waals surface area (Å²) in [4.78, 5) is 24.1. The molecule has 0 unspecified atom stereocenters. The Morgan fingerprint density at radius 2 is 1.88 bits per heavy atom. The Morgan fingerprint density at radius 3 is 2.61 bits per heavy atom. The third-order valence-electron chi connectivity index (χ3n) is 5.77. The number of nitrogens with zero attached hydrogens (tertiary/aromatic N) is 4. The highest BCUT2D eigenvalue weighted by atomic mass is 19.1. The number of rotatable bonds is 5. The zero-order valence-electron chi connectivity index (χ0n) is 18.4. The lowest BCUT2D eigenvalue weighted by Crippen LogP contribution is -2.37. The van der Waals surface area contributed by atoms with E-state index in [1.807, 2.05) is 42.0 Å². The fourth-order valence-corrected chi connectivity index (χ4v) is 4.05. The van der Waals surface area contributed by atoms with Crippen LogP contribution in [0.25, 0.3) is 16.9 Å². The molecule has 1 aliphatic heterocycles. The molecule has 4 aromatic rings. The summed E-state index contributed by atoms with van der Waals surface area (Å²) in [7, 11) is 1.62.